The lowest BCUT2D eigenvalue weighted by molar-refractivity contribution is 0.0946. The molecule has 0 atom stereocenters. The molecular formula is C11H9ClN2OS. The summed E-state index contributed by atoms with van der Waals surface area (Å²) in [5.74, 6) is -0.214. The summed E-state index contributed by atoms with van der Waals surface area (Å²) in [6.07, 6.45) is 0. The molecule has 82 valence electrons. The van der Waals surface area contributed by atoms with Crippen LogP contribution in [0.25, 0.3) is 0 Å². The molecule has 0 aliphatic heterocycles. The van der Waals surface area contributed by atoms with E-state index >= 15 is 0 Å². The van der Waals surface area contributed by atoms with Crippen molar-refractivity contribution in [2.24, 2.45) is 0 Å². The normalized spacial score (nSPS) is 10.1. The maximum atomic E-state index is 11.7. The Morgan fingerprint density at radius 1 is 1.44 bits per heavy atom. The fourth-order valence-electron chi connectivity index (χ4n) is 1.20. The zero-order valence-electron chi connectivity index (χ0n) is 8.31. The van der Waals surface area contributed by atoms with Gasteiger partial charge in [-0.15, -0.1) is 0 Å². The molecule has 0 radical (unpaired) electrons. The zero-order valence-corrected chi connectivity index (χ0v) is 9.89. The van der Waals surface area contributed by atoms with Gasteiger partial charge < -0.3 is 5.32 Å². The molecule has 0 saturated heterocycles. The Hall–Kier alpha value is -1.39. The lowest BCUT2D eigenvalue weighted by Gasteiger charge is -2.03. The standard InChI is InChI=1S/C11H9ClN2OS/c12-10-3-1-2-9(14-10)11(15)13-6-8-4-5-16-7-8/h1-5,7H,6H2,(H,13,15). The molecule has 1 N–H and O–H groups in total. The molecule has 0 aliphatic rings. The van der Waals surface area contributed by atoms with Gasteiger partial charge in [0.2, 0.25) is 0 Å². The third-order valence-electron chi connectivity index (χ3n) is 1.98. The number of pyridine rings is 1. The minimum absolute atomic E-state index is 0.214. The van der Waals surface area contributed by atoms with Crippen molar-refractivity contribution in [1.82, 2.24) is 10.3 Å². The van der Waals surface area contributed by atoms with Gasteiger partial charge in [-0.25, -0.2) is 4.98 Å². The van der Waals surface area contributed by atoms with Crippen LogP contribution in [0.15, 0.2) is 35.0 Å². The highest BCUT2D eigenvalue weighted by atomic mass is 35.5. The lowest BCUT2D eigenvalue weighted by atomic mass is 10.3. The van der Waals surface area contributed by atoms with E-state index in [2.05, 4.69) is 10.3 Å². The quantitative estimate of drug-likeness (QED) is 0.854. The van der Waals surface area contributed by atoms with Gasteiger partial charge in [0.05, 0.1) is 0 Å². The average Bonchev–Trinajstić information content (AvgIpc) is 2.78. The monoisotopic (exact) mass is 252 g/mol. The van der Waals surface area contributed by atoms with E-state index in [4.69, 9.17) is 11.6 Å². The van der Waals surface area contributed by atoms with Crippen molar-refractivity contribution in [2.45, 2.75) is 6.54 Å². The van der Waals surface area contributed by atoms with Gasteiger partial charge in [-0.3, -0.25) is 4.79 Å². The lowest BCUT2D eigenvalue weighted by Crippen LogP contribution is -2.23. The molecule has 2 aromatic rings. The van der Waals surface area contributed by atoms with Crippen LogP contribution in [0.4, 0.5) is 0 Å². The summed E-state index contributed by atoms with van der Waals surface area (Å²) in [7, 11) is 0. The molecule has 0 fully saturated rings. The first-order chi connectivity index (χ1) is 7.75. The number of thiophene rings is 1. The van der Waals surface area contributed by atoms with Crippen LogP contribution in [0.2, 0.25) is 5.15 Å². The van der Waals surface area contributed by atoms with Gasteiger partial charge >= 0.3 is 0 Å². The first-order valence-corrected chi connectivity index (χ1v) is 5.99. The molecule has 2 rings (SSSR count). The molecule has 0 spiro atoms. The molecule has 3 nitrogen and oxygen atoms in total. The van der Waals surface area contributed by atoms with Gasteiger partial charge in [-0.05, 0) is 34.5 Å². The third-order valence-corrected chi connectivity index (χ3v) is 2.92. The molecule has 0 bridgehead atoms. The molecule has 0 aromatic carbocycles. The predicted octanol–water partition coefficient (Wildman–Crippen LogP) is 2.73. The minimum atomic E-state index is -0.214. The second-order valence-corrected chi connectivity index (χ2v) is 4.33. The summed E-state index contributed by atoms with van der Waals surface area (Å²) in [5, 5.41) is 7.06. The number of rotatable bonds is 3. The molecule has 1 amide bonds. The molecule has 0 aliphatic carbocycles. The van der Waals surface area contributed by atoms with E-state index in [0.29, 0.717) is 17.4 Å². The second-order valence-electron chi connectivity index (χ2n) is 3.16. The number of nitrogens with one attached hydrogen (secondary N) is 1. The Bertz CT molecular complexity index is 484. The van der Waals surface area contributed by atoms with Crippen LogP contribution in [0.5, 0.6) is 0 Å². The fraction of sp³-hybridized carbons (Fsp3) is 0.0909. The van der Waals surface area contributed by atoms with Crippen molar-refractivity contribution in [3.8, 4) is 0 Å². The van der Waals surface area contributed by atoms with Gasteiger partial charge in [0.1, 0.15) is 10.8 Å². The number of hydrogen-bond donors (Lipinski definition) is 1. The van der Waals surface area contributed by atoms with E-state index in [1.54, 1.807) is 29.5 Å². The molecule has 5 heteroatoms. The number of carbonyl (C=O) groups is 1. The minimum Gasteiger partial charge on any atom is -0.347 e. The highest BCUT2D eigenvalue weighted by Gasteiger charge is 2.06. The highest BCUT2D eigenvalue weighted by Crippen LogP contribution is 2.07. The number of nitrogens with zero attached hydrogens (tertiary/aromatic N) is 1. The average molecular weight is 253 g/mol. The summed E-state index contributed by atoms with van der Waals surface area (Å²) in [4.78, 5) is 15.6. The Morgan fingerprint density at radius 3 is 3.00 bits per heavy atom. The number of halogens is 1. The topological polar surface area (TPSA) is 42.0 Å². The maximum absolute atomic E-state index is 11.7. The number of carbonyl (C=O) groups excluding carboxylic acids is 1. The van der Waals surface area contributed by atoms with E-state index in [9.17, 15) is 4.79 Å². The van der Waals surface area contributed by atoms with Crippen molar-refractivity contribution >= 4 is 28.8 Å². The third kappa shape index (κ3) is 2.81. The molecule has 2 aromatic heterocycles. The van der Waals surface area contributed by atoms with Gasteiger partial charge in [-0.2, -0.15) is 11.3 Å². The number of aromatic nitrogens is 1. The van der Waals surface area contributed by atoms with Crippen LogP contribution in [-0.4, -0.2) is 10.9 Å². The summed E-state index contributed by atoms with van der Waals surface area (Å²) in [6.45, 7) is 0.510. The SMILES string of the molecule is O=C(NCc1ccsc1)c1cccc(Cl)n1. The van der Waals surface area contributed by atoms with Crippen molar-refractivity contribution in [2.75, 3.05) is 0 Å². The maximum Gasteiger partial charge on any atom is 0.270 e. The molecule has 0 saturated carbocycles. The van der Waals surface area contributed by atoms with Crippen LogP contribution in [-0.2, 0) is 6.54 Å². The van der Waals surface area contributed by atoms with Crippen LogP contribution in [0.1, 0.15) is 16.1 Å². The van der Waals surface area contributed by atoms with Crippen LogP contribution in [0, 0.1) is 0 Å². The first-order valence-electron chi connectivity index (χ1n) is 4.67. The summed E-state index contributed by atoms with van der Waals surface area (Å²) >= 11 is 7.30. The Balaban J connectivity index is 1.98. The highest BCUT2D eigenvalue weighted by molar-refractivity contribution is 7.07. The Kier molecular flexibility index (Phi) is 3.54. The van der Waals surface area contributed by atoms with E-state index in [1.807, 2.05) is 16.8 Å². The second kappa shape index (κ2) is 5.09. The van der Waals surface area contributed by atoms with Crippen molar-refractivity contribution in [3.63, 3.8) is 0 Å². The van der Waals surface area contributed by atoms with Gasteiger partial charge in [0.15, 0.2) is 0 Å². The first kappa shape index (κ1) is 11.1. The largest absolute Gasteiger partial charge is 0.347 e. The Labute approximate surface area is 102 Å². The van der Waals surface area contributed by atoms with Gasteiger partial charge in [0, 0.05) is 6.54 Å². The molecule has 0 unspecified atom stereocenters. The van der Waals surface area contributed by atoms with Crippen LogP contribution >= 0.6 is 22.9 Å². The Morgan fingerprint density at radius 2 is 2.31 bits per heavy atom. The number of amides is 1. The van der Waals surface area contributed by atoms with Crippen LogP contribution in [0.3, 0.4) is 0 Å². The van der Waals surface area contributed by atoms with Crippen molar-refractivity contribution in [3.05, 3.63) is 51.4 Å². The van der Waals surface area contributed by atoms with E-state index in [0.717, 1.165) is 5.56 Å². The van der Waals surface area contributed by atoms with Crippen LogP contribution < -0.4 is 5.32 Å². The molecule has 16 heavy (non-hydrogen) atoms. The van der Waals surface area contributed by atoms with E-state index < -0.39 is 0 Å². The smallest absolute Gasteiger partial charge is 0.270 e. The zero-order chi connectivity index (χ0) is 11.4. The summed E-state index contributed by atoms with van der Waals surface area (Å²) in [5.41, 5.74) is 1.42. The molecular weight excluding hydrogens is 244 g/mol. The fourth-order valence-corrected chi connectivity index (χ4v) is 2.03. The van der Waals surface area contributed by atoms with Crippen molar-refractivity contribution < 1.29 is 4.79 Å². The van der Waals surface area contributed by atoms with Crippen molar-refractivity contribution in [1.29, 1.82) is 0 Å². The predicted molar refractivity (Wildman–Crippen MR) is 64.7 cm³/mol. The molecule has 2 heterocycles. The summed E-state index contributed by atoms with van der Waals surface area (Å²) < 4.78 is 0. The number of hydrogen-bond acceptors (Lipinski definition) is 3. The van der Waals surface area contributed by atoms with Gasteiger partial charge in [-0.1, -0.05) is 17.7 Å². The van der Waals surface area contributed by atoms with E-state index in [-0.39, 0.29) is 5.91 Å². The van der Waals surface area contributed by atoms with E-state index in [1.165, 1.54) is 0 Å². The van der Waals surface area contributed by atoms with Gasteiger partial charge in [0.25, 0.3) is 5.91 Å². The summed E-state index contributed by atoms with van der Waals surface area (Å²) in [6, 6.07) is 6.94.